The van der Waals surface area contributed by atoms with Gasteiger partial charge in [0.2, 0.25) is 10.0 Å². The van der Waals surface area contributed by atoms with E-state index in [0.717, 1.165) is 0 Å². The molecule has 0 heterocycles. The molecule has 1 aromatic carbocycles. The van der Waals surface area contributed by atoms with Crippen LogP contribution in [0.4, 0.5) is 0 Å². The minimum Gasteiger partial charge on any atom is -0.389 e. The normalized spacial score (nSPS) is 11.3. The highest BCUT2D eigenvalue weighted by Crippen LogP contribution is 2.16. The van der Waals surface area contributed by atoms with E-state index in [1.807, 2.05) is 0 Å². The first-order valence-corrected chi connectivity index (χ1v) is 6.11. The van der Waals surface area contributed by atoms with Crippen LogP contribution < -0.4 is 10.5 Å². The van der Waals surface area contributed by atoms with Crippen molar-refractivity contribution in [3.8, 4) is 0 Å². The molecule has 3 N–H and O–H groups in total. The molecule has 0 atom stereocenters. The van der Waals surface area contributed by atoms with E-state index in [1.54, 1.807) is 19.1 Å². The smallest absolute Gasteiger partial charge is 0.240 e. The van der Waals surface area contributed by atoms with Crippen LogP contribution in [0.25, 0.3) is 0 Å². The van der Waals surface area contributed by atoms with Crippen LogP contribution in [-0.4, -0.2) is 20.5 Å². The van der Waals surface area contributed by atoms with Crippen LogP contribution in [-0.2, 0) is 10.0 Å². The second-order valence-corrected chi connectivity index (χ2v) is 5.35. The maximum atomic E-state index is 11.6. The number of aryl methyl sites for hydroxylation is 1. The molecule has 15 heavy (non-hydrogen) atoms. The highest BCUT2D eigenvalue weighted by molar-refractivity contribution is 7.89. The highest BCUT2D eigenvalue weighted by atomic mass is 32.2. The molecule has 1 aromatic rings. The Bertz CT molecular complexity index is 495. The molecule has 82 valence electrons. The van der Waals surface area contributed by atoms with Gasteiger partial charge < -0.3 is 5.73 Å². The summed E-state index contributed by atoms with van der Waals surface area (Å²) >= 11 is 4.79. The van der Waals surface area contributed by atoms with E-state index in [-0.39, 0.29) is 9.88 Å². The van der Waals surface area contributed by atoms with Crippen molar-refractivity contribution in [2.24, 2.45) is 5.73 Å². The van der Waals surface area contributed by atoms with Gasteiger partial charge in [0, 0.05) is 5.56 Å². The Balaban J connectivity index is 3.42. The fraction of sp³-hybridized carbons (Fsp3) is 0.222. The summed E-state index contributed by atoms with van der Waals surface area (Å²) < 4.78 is 25.5. The van der Waals surface area contributed by atoms with Gasteiger partial charge in [0.15, 0.2) is 0 Å². The zero-order chi connectivity index (χ0) is 11.6. The number of thiocarbonyl (C=S) groups is 1. The van der Waals surface area contributed by atoms with Crippen LogP contribution in [0.1, 0.15) is 11.1 Å². The molecule has 0 amide bonds. The van der Waals surface area contributed by atoms with E-state index in [2.05, 4.69) is 4.72 Å². The Morgan fingerprint density at radius 3 is 2.53 bits per heavy atom. The standard InChI is InChI=1S/C9H12N2O2S2/c1-6-3-4-7(9(10)14)5-8(6)15(12,13)11-2/h3-5,11H,1-2H3,(H2,10,14). The van der Waals surface area contributed by atoms with Crippen LogP contribution in [0.3, 0.4) is 0 Å². The molecule has 0 spiro atoms. The number of nitrogens with one attached hydrogen (secondary N) is 1. The molecular formula is C9H12N2O2S2. The molecule has 0 aliphatic carbocycles. The second-order valence-electron chi connectivity index (χ2n) is 3.05. The van der Waals surface area contributed by atoms with Gasteiger partial charge in [0.05, 0.1) is 4.90 Å². The Labute approximate surface area is 94.5 Å². The van der Waals surface area contributed by atoms with E-state index >= 15 is 0 Å². The van der Waals surface area contributed by atoms with Gasteiger partial charge in [-0.3, -0.25) is 0 Å². The van der Waals surface area contributed by atoms with Crippen molar-refractivity contribution >= 4 is 27.2 Å². The van der Waals surface area contributed by atoms with Crippen LogP contribution in [0, 0.1) is 6.92 Å². The van der Waals surface area contributed by atoms with Gasteiger partial charge in [-0.2, -0.15) is 0 Å². The van der Waals surface area contributed by atoms with Crippen molar-refractivity contribution in [2.75, 3.05) is 7.05 Å². The first-order valence-electron chi connectivity index (χ1n) is 4.22. The van der Waals surface area contributed by atoms with E-state index in [4.69, 9.17) is 18.0 Å². The molecule has 6 heteroatoms. The predicted octanol–water partition coefficient (Wildman–Crippen LogP) is 0.537. The Hall–Kier alpha value is -0.980. The molecule has 1 rings (SSSR count). The van der Waals surface area contributed by atoms with Gasteiger partial charge in [-0.05, 0) is 25.6 Å². The third kappa shape index (κ3) is 2.53. The minimum absolute atomic E-state index is 0.183. The molecule has 0 saturated carbocycles. The molecular weight excluding hydrogens is 232 g/mol. The lowest BCUT2D eigenvalue weighted by Crippen LogP contribution is -2.20. The van der Waals surface area contributed by atoms with Crippen LogP contribution >= 0.6 is 12.2 Å². The summed E-state index contributed by atoms with van der Waals surface area (Å²) in [5.74, 6) is 0. The average molecular weight is 244 g/mol. The predicted molar refractivity (Wildman–Crippen MR) is 63.3 cm³/mol. The molecule has 0 radical (unpaired) electrons. The molecule has 4 nitrogen and oxygen atoms in total. The lowest BCUT2D eigenvalue weighted by molar-refractivity contribution is 0.587. The topological polar surface area (TPSA) is 72.2 Å². The fourth-order valence-corrected chi connectivity index (χ4v) is 2.27. The van der Waals surface area contributed by atoms with Gasteiger partial charge in [0.25, 0.3) is 0 Å². The summed E-state index contributed by atoms with van der Waals surface area (Å²) in [5, 5.41) is 0. The van der Waals surface area contributed by atoms with E-state index < -0.39 is 10.0 Å². The van der Waals surface area contributed by atoms with Crippen LogP contribution in [0.5, 0.6) is 0 Å². The Morgan fingerprint density at radius 1 is 1.47 bits per heavy atom. The lowest BCUT2D eigenvalue weighted by atomic mass is 10.1. The van der Waals surface area contributed by atoms with Crippen LogP contribution in [0.15, 0.2) is 23.1 Å². The maximum Gasteiger partial charge on any atom is 0.240 e. The lowest BCUT2D eigenvalue weighted by Gasteiger charge is -2.08. The molecule has 0 aromatic heterocycles. The third-order valence-electron chi connectivity index (χ3n) is 2.03. The first-order chi connectivity index (χ1) is 6.88. The maximum absolute atomic E-state index is 11.6. The highest BCUT2D eigenvalue weighted by Gasteiger charge is 2.15. The number of nitrogens with two attached hydrogens (primary N) is 1. The molecule has 0 saturated heterocycles. The summed E-state index contributed by atoms with van der Waals surface area (Å²) in [7, 11) is -2.09. The SMILES string of the molecule is CNS(=O)(=O)c1cc(C(N)=S)ccc1C. The summed E-state index contributed by atoms with van der Waals surface area (Å²) in [6.07, 6.45) is 0. The first kappa shape index (κ1) is 12.1. The zero-order valence-electron chi connectivity index (χ0n) is 8.44. The van der Waals surface area contributed by atoms with Gasteiger partial charge in [-0.1, -0.05) is 24.4 Å². The summed E-state index contributed by atoms with van der Waals surface area (Å²) in [5.41, 5.74) is 6.64. The number of rotatable bonds is 3. The van der Waals surface area contributed by atoms with Gasteiger partial charge in [0.1, 0.15) is 4.99 Å². The van der Waals surface area contributed by atoms with E-state index in [1.165, 1.54) is 13.1 Å². The number of sulfonamides is 1. The Kier molecular flexibility index (Phi) is 3.43. The molecule has 0 fully saturated rings. The number of benzene rings is 1. The molecule has 0 aliphatic rings. The van der Waals surface area contributed by atoms with Crippen molar-refractivity contribution in [2.45, 2.75) is 11.8 Å². The molecule has 0 unspecified atom stereocenters. The van der Waals surface area contributed by atoms with Crippen molar-refractivity contribution in [3.63, 3.8) is 0 Å². The summed E-state index contributed by atoms with van der Waals surface area (Å²) in [4.78, 5) is 0.387. The number of hydrogen-bond acceptors (Lipinski definition) is 3. The zero-order valence-corrected chi connectivity index (χ0v) is 10.1. The largest absolute Gasteiger partial charge is 0.389 e. The van der Waals surface area contributed by atoms with E-state index in [0.29, 0.717) is 11.1 Å². The van der Waals surface area contributed by atoms with Crippen molar-refractivity contribution in [3.05, 3.63) is 29.3 Å². The average Bonchev–Trinajstić information content (AvgIpc) is 2.17. The third-order valence-corrected chi connectivity index (χ3v) is 3.82. The molecule has 0 bridgehead atoms. The van der Waals surface area contributed by atoms with Crippen LogP contribution in [0.2, 0.25) is 0 Å². The summed E-state index contributed by atoms with van der Waals surface area (Å²) in [6.45, 7) is 1.72. The minimum atomic E-state index is -3.45. The van der Waals surface area contributed by atoms with Crippen molar-refractivity contribution < 1.29 is 8.42 Å². The second kappa shape index (κ2) is 4.26. The van der Waals surface area contributed by atoms with Gasteiger partial charge in [-0.25, -0.2) is 13.1 Å². The monoisotopic (exact) mass is 244 g/mol. The van der Waals surface area contributed by atoms with Gasteiger partial charge in [-0.15, -0.1) is 0 Å². The fourth-order valence-electron chi connectivity index (χ4n) is 1.15. The van der Waals surface area contributed by atoms with Crippen molar-refractivity contribution in [1.82, 2.24) is 4.72 Å². The van der Waals surface area contributed by atoms with E-state index in [9.17, 15) is 8.42 Å². The number of hydrogen-bond donors (Lipinski definition) is 2. The van der Waals surface area contributed by atoms with Crippen molar-refractivity contribution in [1.29, 1.82) is 0 Å². The Morgan fingerprint density at radius 2 is 2.07 bits per heavy atom. The molecule has 0 aliphatic heterocycles. The quantitative estimate of drug-likeness (QED) is 0.761. The van der Waals surface area contributed by atoms with Gasteiger partial charge >= 0.3 is 0 Å². The summed E-state index contributed by atoms with van der Waals surface area (Å²) in [6, 6.07) is 4.86.